The van der Waals surface area contributed by atoms with E-state index in [4.69, 9.17) is 34.0 Å². The number of aliphatic carboxylic acids is 2. The molecule has 1 aliphatic heterocycles. The fourth-order valence-electron chi connectivity index (χ4n) is 4.27. The van der Waals surface area contributed by atoms with Crippen molar-refractivity contribution >= 4 is 22.8 Å². The van der Waals surface area contributed by atoms with E-state index in [9.17, 15) is 5.11 Å². The third-order valence-electron chi connectivity index (χ3n) is 6.10. The van der Waals surface area contributed by atoms with E-state index >= 15 is 0 Å². The monoisotopic (exact) mass is 500 g/mol. The van der Waals surface area contributed by atoms with Gasteiger partial charge in [-0.1, -0.05) is 12.1 Å². The second-order valence-electron chi connectivity index (χ2n) is 8.46. The summed E-state index contributed by atoms with van der Waals surface area (Å²) in [5.41, 5.74) is 2.33. The number of rotatable bonds is 8. The number of carboxylic acids is 2. The van der Waals surface area contributed by atoms with Crippen LogP contribution in [0.3, 0.4) is 0 Å². The minimum absolute atomic E-state index is 0.292. The Bertz CT molecular complexity index is 1140. The van der Waals surface area contributed by atoms with Crippen LogP contribution in [0, 0.1) is 0 Å². The molecule has 4 N–H and O–H groups in total. The van der Waals surface area contributed by atoms with Crippen LogP contribution >= 0.6 is 0 Å². The highest BCUT2D eigenvalue weighted by Gasteiger charge is 2.23. The van der Waals surface area contributed by atoms with Gasteiger partial charge in [0, 0.05) is 23.6 Å². The number of piperidine rings is 1. The number of aromatic nitrogens is 1. The zero-order chi connectivity index (χ0) is 26.1. The Kier molecular flexibility index (Phi) is 9.54. The fraction of sp³-hybridized carbons (Fsp3) is 0.385. The number of aliphatic hydroxyl groups excluding tert-OH is 1. The summed E-state index contributed by atoms with van der Waals surface area (Å²) in [6.07, 6.45) is 3.50. The first-order valence-electron chi connectivity index (χ1n) is 11.6. The number of nitrogens with zero attached hydrogens (tertiary/aromatic N) is 1. The quantitative estimate of drug-likeness (QED) is 0.343. The number of carbonyl (C=O) groups is 2. The molecule has 10 heteroatoms. The zero-order valence-electron chi connectivity index (χ0n) is 20.3. The van der Waals surface area contributed by atoms with Crippen molar-refractivity contribution in [2.75, 3.05) is 40.5 Å². The Morgan fingerprint density at radius 1 is 1.00 bits per heavy atom. The molecule has 2 heterocycles. The number of benzene rings is 2. The van der Waals surface area contributed by atoms with Gasteiger partial charge in [0.2, 0.25) is 0 Å². The number of H-pyrrole nitrogens is 1. The molecule has 2 aromatic carbocycles. The standard InChI is InChI=1S/C24H30N2O4.C2H2O4/c1-28-23-7-6-18(14-24(23)29-2)17-9-12-26(13-10-17)15-19(27)16-30-22-5-3-4-21-20(22)8-11-25-21;3-1(4)2(5)6/h3-8,11,14,17,19,25,27H,9-10,12-13,15-16H2,1-2H3;(H,3,4)(H,5,6)/t19-;/m0./s1. The predicted molar refractivity (Wildman–Crippen MR) is 133 cm³/mol. The van der Waals surface area contributed by atoms with E-state index in [1.54, 1.807) is 14.2 Å². The maximum atomic E-state index is 10.5. The third-order valence-corrected chi connectivity index (χ3v) is 6.10. The Labute approximate surface area is 209 Å². The molecule has 194 valence electrons. The van der Waals surface area contributed by atoms with Crippen molar-refractivity contribution in [3.8, 4) is 17.2 Å². The second kappa shape index (κ2) is 12.8. The van der Waals surface area contributed by atoms with Crippen LogP contribution < -0.4 is 14.2 Å². The lowest BCUT2D eigenvalue weighted by Crippen LogP contribution is -2.40. The van der Waals surface area contributed by atoms with E-state index in [0.717, 1.165) is 54.1 Å². The van der Waals surface area contributed by atoms with Crippen molar-refractivity contribution in [3.05, 3.63) is 54.2 Å². The van der Waals surface area contributed by atoms with Crippen molar-refractivity contribution in [2.24, 2.45) is 0 Å². The summed E-state index contributed by atoms with van der Waals surface area (Å²) in [6, 6.07) is 14.1. The van der Waals surface area contributed by atoms with E-state index in [-0.39, 0.29) is 0 Å². The summed E-state index contributed by atoms with van der Waals surface area (Å²) in [5, 5.41) is 26.3. The average Bonchev–Trinajstić information content (AvgIpc) is 3.37. The van der Waals surface area contributed by atoms with Crippen LogP contribution in [0.15, 0.2) is 48.7 Å². The van der Waals surface area contributed by atoms with Gasteiger partial charge in [-0.3, -0.25) is 0 Å². The molecule has 0 unspecified atom stereocenters. The number of hydrogen-bond donors (Lipinski definition) is 4. The minimum atomic E-state index is -1.82. The number of hydrogen-bond acceptors (Lipinski definition) is 7. The molecule has 4 rings (SSSR count). The third kappa shape index (κ3) is 7.12. The number of aliphatic hydroxyl groups is 1. The van der Waals surface area contributed by atoms with Crippen molar-refractivity contribution < 1.29 is 39.1 Å². The number of aromatic amines is 1. The van der Waals surface area contributed by atoms with Gasteiger partial charge in [-0.15, -0.1) is 0 Å². The zero-order valence-corrected chi connectivity index (χ0v) is 20.3. The molecule has 3 aromatic rings. The van der Waals surface area contributed by atoms with E-state index in [2.05, 4.69) is 22.0 Å². The molecule has 0 saturated carbocycles. The Morgan fingerprint density at radius 2 is 1.69 bits per heavy atom. The van der Waals surface area contributed by atoms with Crippen LogP contribution in [0.5, 0.6) is 17.2 Å². The molecule has 0 amide bonds. The van der Waals surface area contributed by atoms with Crippen LogP contribution in [-0.4, -0.2) is 83.7 Å². The van der Waals surface area contributed by atoms with E-state index in [1.165, 1.54) is 5.56 Å². The van der Waals surface area contributed by atoms with Gasteiger partial charge in [0.1, 0.15) is 18.5 Å². The molecule has 1 aliphatic rings. The van der Waals surface area contributed by atoms with Gasteiger partial charge < -0.3 is 39.4 Å². The van der Waals surface area contributed by atoms with Crippen molar-refractivity contribution in [1.82, 2.24) is 9.88 Å². The number of methoxy groups -OCH3 is 2. The van der Waals surface area contributed by atoms with Crippen LogP contribution in [0.1, 0.15) is 24.3 Å². The van der Waals surface area contributed by atoms with Gasteiger partial charge in [-0.05, 0) is 67.7 Å². The molecule has 1 atom stereocenters. The minimum Gasteiger partial charge on any atom is -0.493 e. The molecular weight excluding hydrogens is 468 g/mol. The molecule has 0 radical (unpaired) electrons. The molecule has 36 heavy (non-hydrogen) atoms. The summed E-state index contributed by atoms with van der Waals surface area (Å²) < 4.78 is 16.7. The Hall–Kier alpha value is -3.76. The number of β-amino-alcohol motifs (C(OH)–C–C–N with tert-alkyl or cyclic N) is 1. The molecule has 1 saturated heterocycles. The number of nitrogens with one attached hydrogen (secondary N) is 1. The lowest BCUT2D eigenvalue weighted by atomic mass is 9.89. The van der Waals surface area contributed by atoms with Gasteiger partial charge in [-0.2, -0.15) is 0 Å². The normalized spacial score (nSPS) is 15.0. The molecule has 1 aromatic heterocycles. The van der Waals surface area contributed by atoms with E-state index < -0.39 is 18.0 Å². The molecule has 0 bridgehead atoms. The molecule has 1 fully saturated rings. The molecule has 0 spiro atoms. The highest BCUT2D eigenvalue weighted by molar-refractivity contribution is 6.27. The van der Waals surface area contributed by atoms with Crippen LogP contribution in [0.25, 0.3) is 10.9 Å². The highest BCUT2D eigenvalue weighted by Crippen LogP contribution is 2.34. The van der Waals surface area contributed by atoms with Gasteiger partial charge >= 0.3 is 11.9 Å². The van der Waals surface area contributed by atoms with Gasteiger partial charge in [0.15, 0.2) is 11.5 Å². The van der Waals surface area contributed by atoms with Crippen molar-refractivity contribution in [3.63, 3.8) is 0 Å². The average molecular weight is 501 g/mol. The Morgan fingerprint density at radius 3 is 2.33 bits per heavy atom. The highest BCUT2D eigenvalue weighted by atomic mass is 16.5. The second-order valence-corrected chi connectivity index (χ2v) is 8.46. The largest absolute Gasteiger partial charge is 0.493 e. The molecule has 10 nitrogen and oxygen atoms in total. The maximum Gasteiger partial charge on any atom is 0.414 e. The first-order chi connectivity index (χ1) is 17.3. The van der Waals surface area contributed by atoms with Crippen LogP contribution in [0.2, 0.25) is 0 Å². The lowest BCUT2D eigenvalue weighted by Gasteiger charge is -2.33. The first kappa shape index (κ1) is 26.8. The van der Waals surface area contributed by atoms with Gasteiger partial charge in [-0.25, -0.2) is 9.59 Å². The smallest absolute Gasteiger partial charge is 0.414 e. The van der Waals surface area contributed by atoms with Gasteiger partial charge in [0.05, 0.1) is 14.2 Å². The lowest BCUT2D eigenvalue weighted by molar-refractivity contribution is -0.159. The summed E-state index contributed by atoms with van der Waals surface area (Å²) in [5.74, 6) is -0.801. The maximum absolute atomic E-state index is 10.5. The van der Waals surface area contributed by atoms with Crippen LogP contribution in [0.4, 0.5) is 0 Å². The molecule has 0 aliphatic carbocycles. The summed E-state index contributed by atoms with van der Waals surface area (Å²) in [4.78, 5) is 23.7. The summed E-state index contributed by atoms with van der Waals surface area (Å²) in [7, 11) is 3.33. The topological polar surface area (TPSA) is 142 Å². The van der Waals surface area contributed by atoms with Crippen LogP contribution in [-0.2, 0) is 9.59 Å². The van der Waals surface area contributed by atoms with Crippen molar-refractivity contribution in [2.45, 2.75) is 24.9 Å². The Balaban J connectivity index is 0.000000538. The van der Waals surface area contributed by atoms with Crippen molar-refractivity contribution in [1.29, 1.82) is 0 Å². The number of carboxylic acid groups (broad SMARTS) is 2. The number of likely N-dealkylation sites (tertiary alicyclic amines) is 1. The van der Waals surface area contributed by atoms with E-state index in [1.807, 2.05) is 36.5 Å². The summed E-state index contributed by atoms with van der Waals surface area (Å²) >= 11 is 0. The predicted octanol–water partition coefficient (Wildman–Crippen LogP) is 2.96. The molecular formula is C26H32N2O8. The number of fused-ring (bicyclic) bond motifs is 1. The van der Waals surface area contributed by atoms with Gasteiger partial charge in [0.25, 0.3) is 0 Å². The van der Waals surface area contributed by atoms with E-state index in [0.29, 0.717) is 19.1 Å². The summed E-state index contributed by atoms with van der Waals surface area (Å²) in [6.45, 7) is 2.84. The fourth-order valence-corrected chi connectivity index (χ4v) is 4.27. The number of ether oxygens (including phenoxy) is 3. The first-order valence-corrected chi connectivity index (χ1v) is 11.6. The SMILES string of the molecule is COc1ccc(C2CCN(C[C@H](O)COc3cccc4[nH]ccc34)CC2)cc1OC.O=C(O)C(=O)O.